The van der Waals surface area contributed by atoms with Crippen molar-refractivity contribution in [3.8, 4) is 0 Å². The van der Waals surface area contributed by atoms with Crippen LogP contribution in [0.3, 0.4) is 0 Å². The number of esters is 1. The molecule has 2 aliphatic rings. The first-order chi connectivity index (χ1) is 11.2. The lowest BCUT2D eigenvalue weighted by Gasteiger charge is -2.31. The number of allylic oxidation sites excluding steroid dienone is 3. The SMILES string of the molecule is C=CCCC1CCC(C(=O)OC2CCC(C=CCC)CC2)CC1. The van der Waals surface area contributed by atoms with Crippen LogP contribution < -0.4 is 0 Å². The zero-order valence-electron chi connectivity index (χ0n) is 14.8. The molecule has 130 valence electrons. The first kappa shape index (κ1) is 18.3. The van der Waals surface area contributed by atoms with Crippen molar-refractivity contribution >= 4 is 5.97 Å². The molecule has 2 aliphatic carbocycles. The first-order valence-electron chi connectivity index (χ1n) is 9.71. The van der Waals surface area contributed by atoms with Crippen molar-refractivity contribution in [3.05, 3.63) is 24.8 Å². The van der Waals surface area contributed by atoms with E-state index in [0.29, 0.717) is 5.92 Å². The number of hydrogen-bond acceptors (Lipinski definition) is 2. The number of carbonyl (C=O) groups excluding carboxylic acids is 1. The highest BCUT2D eigenvalue weighted by Crippen LogP contribution is 2.34. The summed E-state index contributed by atoms with van der Waals surface area (Å²) < 4.78 is 5.82. The van der Waals surface area contributed by atoms with Gasteiger partial charge in [-0.25, -0.2) is 0 Å². The third-order valence-electron chi connectivity index (χ3n) is 5.60. The smallest absolute Gasteiger partial charge is 0.309 e. The second-order valence-electron chi connectivity index (χ2n) is 7.39. The number of hydrogen-bond donors (Lipinski definition) is 0. The molecule has 0 bridgehead atoms. The topological polar surface area (TPSA) is 26.3 Å². The summed E-state index contributed by atoms with van der Waals surface area (Å²) in [5, 5.41) is 0. The fraction of sp³-hybridized carbons (Fsp3) is 0.762. The molecule has 0 amide bonds. The second kappa shape index (κ2) is 9.95. The van der Waals surface area contributed by atoms with Gasteiger partial charge in [-0.2, -0.15) is 0 Å². The predicted octanol–water partition coefficient (Wildman–Crippen LogP) is 5.83. The van der Waals surface area contributed by atoms with Crippen LogP contribution >= 0.6 is 0 Å². The van der Waals surface area contributed by atoms with Gasteiger partial charge in [-0.15, -0.1) is 6.58 Å². The van der Waals surface area contributed by atoms with Crippen molar-refractivity contribution in [3.63, 3.8) is 0 Å². The van der Waals surface area contributed by atoms with E-state index in [0.717, 1.165) is 44.4 Å². The Morgan fingerprint density at radius 3 is 2.39 bits per heavy atom. The molecule has 0 radical (unpaired) electrons. The minimum atomic E-state index is 0.0831. The van der Waals surface area contributed by atoms with Crippen LogP contribution in [0.4, 0.5) is 0 Å². The molecule has 23 heavy (non-hydrogen) atoms. The van der Waals surface area contributed by atoms with Crippen molar-refractivity contribution in [1.29, 1.82) is 0 Å². The largest absolute Gasteiger partial charge is 0.462 e. The summed E-state index contributed by atoms with van der Waals surface area (Å²) in [6.45, 7) is 5.97. The molecule has 0 heterocycles. The zero-order chi connectivity index (χ0) is 16.5. The lowest BCUT2D eigenvalue weighted by atomic mass is 9.80. The molecular weight excluding hydrogens is 284 g/mol. The molecule has 0 N–H and O–H groups in total. The van der Waals surface area contributed by atoms with Crippen molar-refractivity contribution in [2.45, 2.75) is 83.7 Å². The quantitative estimate of drug-likeness (QED) is 0.436. The van der Waals surface area contributed by atoms with E-state index >= 15 is 0 Å². The van der Waals surface area contributed by atoms with Gasteiger partial charge in [-0.1, -0.05) is 25.2 Å². The van der Waals surface area contributed by atoms with Crippen LogP contribution in [0.1, 0.15) is 77.6 Å². The van der Waals surface area contributed by atoms with Crippen molar-refractivity contribution in [1.82, 2.24) is 0 Å². The van der Waals surface area contributed by atoms with Gasteiger partial charge in [0.05, 0.1) is 5.92 Å². The van der Waals surface area contributed by atoms with Gasteiger partial charge >= 0.3 is 5.97 Å². The van der Waals surface area contributed by atoms with Crippen molar-refractivity contribution < 1.29 is 9.53 Å². The highest BCUT2D eigenvalue weighted by Gasteiger charge is 2.30. The summed E-state index contributed by atoms with van der Waals surface area (Å²) >= 11 is 0. The van der Waals surface area contributed by atoms with Crippen molar-refractivity contribution in [2.24, 2.45) is 17.8 Å². The maximum atomic E-state index is 12.4. The molecule has 0 unspecified atom stereocenters. The number of rotatable bonds is 7. The summed E-state index contributed by atoms with van der Waals surface area (Å²) in [4.78, 5) is 12.4. The highest BCUT2D eigenvalue weighted by molar-refractivity contribution is 5.72. The Hall–Kier alpha value is -1.05. The van der Waals surface area contributed by atoms with E-state index in [1.807, 2.05) is 6.08 Å². The molecule has 0 atom stereocenters. The third kappa shape index (κ3) is 6.16. The summed E-state index contributed by atoms with van der Waals surface area (Å²) in [6.07, 6.45) is 19.1. The van der Waals surface area contributed by atoms with Crippen LogP contribution in [0.15, 0.2) is 24.8 Å². The Balaban J connectivity index is 1.66. The van der Waals surface area contributed by atoms with E-state index in [9.17, 15) is 4.79 Å². The summed E-state index contributed by atoms with van der Waals surface area (Å²) in [5.41, 5.74) is 0. The van der Waals surface area contributed by atoms with Gasteiger partial charge in [-0.05, 0) is 82.5 Å². The van der Waals surface area contributed by atoms with E-state index in [-0.39, 0.29) is 18.0 Å². The van der Waals surface area contributed by atoms with Gasteiger partial charge in [0.2, 0.25) is 0 Å². The van der Waals surface area contributed by atoms with E-state index in [1.54, 1.807) is 0 Å². The van der Waals surface area contributed by atoms with Gasteiger partial charge in [0.25, 0.3) is 0 Å². The molecule has 2 nitrogen and oxygen atoms in total. The van der Waals surface area contributed by atoms with Crippen molar-refractivity contribution in [2.75, 3.05) is 0 Å². The van der Waals surface area contributed by atoms with Crippen LogP contribution in [-0.4, -0.2) is 12.1 Å². The monoisotopic (exact) mass is 318 g/mol. The Kier molecular flexibility index (Phi) is 7.91. The summed E-state index contributed by atoms with van der Waals surface area (Å²) in [6, 6.07) is 0. The number of carbonyl (C=O) groups is 1. The average Bonchev–Trinajstić information content (AvgIpc) is 2.59. The molecule has 0 aromatic carbocycles. The molecule has 2 heteroatoms. The predicted molar refractivity (Wildman–Crippen MR) is 96.1 cm³/mol. The molecule has 0 saturated heterocycles. The van der Waals surface area contributed by atoms with Gasteiger partial charge < -0.3 is 4.74 Å². The van der Waals surface area contributed by atoms with Gasteiger partial charge in [0.15, 0.2) is 0 Å². The fourth-order valence-electron chi connectivity index (χ4n) is 4.03. The van der Waals surface area contributed by atoms with Crippen LogP contribution in [0.5, 0.6) is 0 Å². The van der Waals surface area contributed by atoms with E-state index in [4.69, 9.17) is 4.74 Å². The number of ether oxygens (including phenoxy) is 1. The second-order valence-corrected chi connectivity index (χ2v) is 7.39. The maximum Gasteiger partial charge on any atom is 0.309 e. The lowest BCUT2D eigenvalue weighted by molar-refractivity contribution is -0.157. The van der Waals surface area contributed by atoms with Crippen LogP contribution in [0.25, 0.3) is 0 Å². The molecule has 0 aliphatic heterocycles. The molecule has 0 aromatic rings. The Morgan fingerprint density at radius 1 is 1.09 bits per heavy atom. The summed E-state index contributed by atoms with van der Waals surface area (Å²) in [5.74, 6) is 1.73. The van der Waals surface area contributed by atoms with Gasteiger partial charge in [-0.3, -0.25) is 4.79 Å². The standard InChI is InChI=1S/C21H34O2/c1-3-5-7-17-9-13-19(14-10-17)21(22)23-20-15-11-18(12-16-20)8-6-4-2/h3,6,8,17-20H,1,4-5,7,9-16H2,2H3. The molecule has 2 saturated carbocycles. The Bertz CT molecular complexity index is 383. The molecular formula is C21H34O2. The average molecular weight is 319 g/mol. The van der Waals surface area contributed by atoms with Crippen LogP contribution in [0, 0.1) is 17.8 Å². The minimum absolute atomic E-state index is 0.0831. The van der Waals surface area contributed by atoms with Gasteiger partial charge in [0, 0.05) is 0 Å². The van der Waals surface area contributed by atoms with Crippen LogP contribution in [0.2, 0.25) is 0 Å². The molecule has 0 aromatic heterocycles. The maximum absolute atomic E-state index is 12.4. The normalized spacial score (nSPS) is 31.9. The highest BCUT2D eigenvalue weighted by atomic mass is 16.5. The van der Waals surface area contributed by atoms with Gasteiger partial charge in [0.1, 0.15) is 6.10 Å². The van der Waals surface area contributed by atoms with E-state index in [1.165, 1.54) is 32.1 Å². The van der Waals surface area contributed by atoms with E-state index < -0.39 is 0 Å². The molecule has 2 rings (SSSR count). The molecule has 2 fully saturated rings. The first-order valence-corrected chi connectivity index (χ1v) is 9.71. The fourth-order valence-corrected chi connectivity index (χ4v) is 4.03. The third-order valence-corrected chi connectivity index (χ3v) is 5.60. The zero-order valence-corrected chi connectivity index (χ0v) is 14.8. The Labute approximate surface area is 142 Å². The van der Waals surface area contributed by atoms with E-state index in [2.05, 4.69) is 25.7 Å². The summed E-state index contributed by atoms with van der Waals surface area (Å²) in [7, 11) is 0. The Morgan fingerprint density at radius 2 is 1.78 bits per heavy atom. The minimum Gasteiger partial charge on any atom is -0.462 e. The lowest BCUT2D eigenvalue weighted by Crippen LogP contribution is -2.29. The van der Waals surface area contributed by atoms with Crippen LogP contribution in [-0.2, 0) is 9.53 Å². The molecule has 0 spiro atoms.